The summed E-state index contributed by atoms with van der Waals surface area (Å²) in [4.78, 5) is 24.9. The smallest absolute Gasteiger partial charge is 0.171 e. The monoisotopic (exact) mass is 602 g/mol. The van der Waals surface area contributed by atoms with Gasteiger partial charge in [0.05, 0.1) is 69.0 Å². The first kappa shape index (κ1) is 33.4. The highest BCUT2D eigenvalue weighted by atomic mass is 35.5. The number of Topliss-reactive ketones (excluding diaryl/α,β-unsaturated/α-hetero) is 2. The lowest BCUT2D eigenvalue weighted by Crippen LogP contribution is -2.32. The quantitative estimate of drug-likeness (QED) is 0.259. The Balaban J connectivity index is 0.000000576. The molecule has 0 saturated heterocycles. The molecule has 4 N–H and O–H groups in total. The lowest BCUT2D eigenvalue weighted by atomic mass is 10.3. The van der Waals surface area contributed by atoms with Crippen LogP contribution in [0.2, 0.25) is 20.1 Å². The number of hydrogen-bond acceptors (Lipinski definition) is 8. The van der Waals surface area contributed by atoms with E-state index in [0.29, 0.717) is 31.5 Å². The zero-order chi connectivity index (χ0) is 27.5. The molecule has 0 aliphatic heterocycles. The minimum absolute atomic E-state index is 0.0146. The summed E-state index contributed by atoms with van der Waals surface area (Å²) in [6, 6.07) is 13.4. The first-order valence-electron chi connectivity index (χ1n) is 9.58. The fourth-order valence-electron chi connectivity index (χ4n) is 1.85. The zero-order valence-electron chi connectivity index (χ0n) is 18.4. The van der Waals surface area contributed by atoms with E-state index in [1.165, 1.54) is 0 Å². The Kier molecular flexibility index (Phi) is 18.1. The van der Waals surface area contributed by atoms with Gasteiger partial charge in [-0.05, 0) is 60.8 Å². The van der Waals surface area contributed by atoms with Gasteiger partial charge in [0.1, 0.15) is 0 Å². The topological polar surface area (TPSA) is 144 Å². The molecular weight excluding hydrogens is 586 g/mol. The molecule has 2 rings (SSSR count). The summed E-state index contributed by atoms with van der Waals surface area (Å²) in [7, 11) is 0. The average Bonchev–Trinajstić information content (AvgIpc) is 2.84. The molecule has 0 heterocycles. The normalized spacial score (nSPS) is 8.86. The molecule has 8 nitrogen and oxygen atoms in total. The van der Waals surface area contributed by atoms with Crippen LogP contribution in [-0.2, 0) is 9.59 Å². The van der Waals surface area contributed by atoms with Crippen molar-refractivity contribution in [3.8, 4) is 12.1 Å². The van der Waals surface area contributed by atoms with Gasteiger partial charge in [-0.3, -0.25) is 9.59 Å². The SMILES string of the molecule is N#CCC(=O)CN.N#CCC(=O)CNC(=S)Nc1ccc(Cl)c(Cl)c1.S=C=Nc1ccc(Cl)c(Cl)c1. The van der Waals surface area contributed by atoms with Crippen molar-refractivity contribution in [2.45, 2.75) is 12.8 Å². The summed E-state index contributed by atoms with van der Waals surface area (Å²) in [5, 5.41) is 26.1. The molecule has 14 heteroatoms. The predicted molar refractivity (Wildman–Crippen MR) is 151 cm³/mol. The van der Waals surface area contributed by atoms with E-state index in [2.05, 4.69) is 33.0 Å². The van der Waals surface area contributed by atoms with Crippen LogP contribution in [0.1, 0.15) is 12.8 Å². The third-order valence-electron chi connectivity index (χ3n) is 3.48. The number of carbonyl (C=O) groups is 2. The fourth-order valence-corrected chi connectivity index (χ4v) is 2.73. The Morgan fingerprint density at radius 1 is 0.917 bits per heavy atom. The van der Waals surface area contributed by atoms with Crippen LogP contribution in [-0.4, -0.2) is 34.9 Å². The summed E-state index contributed by atoms with van der Waals surface area (Å²) in [6.07, 6.45) is -0.196. The van der Waals surface area contributed by atoms with Crippen molar-refractivity contribution in [2.75, 3.05) is 18.4 Å². The molecule has 0 unspecified atom stereocenters. The second-order valence-electron chi connectivity index (χ2n) is 6.19. The molecule has 188 valence electrons. The molecule has 0 radical (unpaired) electrons. The molecule has 0 saturated carbocycles. The molecule has 0 aliphatic carbocycles. The van der Waals surface area contributed by atoms with Crippen molar-refractivity contribution in [3.63, 3.8) is 0 Å². The second kappa shape index (κ2) is 19.5. The van der Waals surface area contributed by atoms with Crippen molar-refractivity contribution < 1.29 is 9.59 Å². The Labute approximate surface area is 239 Å². The molecule has 0 spiro atoms. The fraction of sp³-hybridized carbons (Fsp3) is 0.182. The third-order valence-corrected chi connectivity index (χ3v) is 5.30. The van der Waals surface area contributed by atoms with Crippen LogP contribution in [0.15, 0.2) is 41.4 Å². The first-order valence-corrected chi connectivity index (χ1v) is 11.9. The molecule has 0 fully saturated rings. The number of anilines is 1. The van der Waals surface area contributed by atoms with E-state index < -0.39 is 0 Å². The molecule has 0 aliphatic rings. The van der Waals surface area contributed by atoms with Crippen LogP contribution in [0.3, 0.4) is 0 Å². The van der Waals surface area contributed by atoms with Gasteiger partial charge in [-0.25, -0.2) is 0 Å². The van der Waals surface area contributed by atoms with Crippen molar-refractivity contribution in [1.29, 1.82) is 10.5 Å². The zero-order valence-corrected chi connectivity index (χ0v) is 23.0. The molecule has 36 heavy (non-hydrogen) atoms. The minimum atomic E-state index is -0.226. The highest BCUT2D eigenvalue weighted by Crippen LogP contribution is 2.26. The van der Waals surface area contributed by atoms with Crippen LogP contribution in [0.4, 0.5) is 11.4 Å². The molecule has 0 atom stereocenters. The van der Waals surface area contributed by atoms with Crippen molar-refractivity contribution in [1.82, 2.24) is 5.32 Å². The third kappa shape index (κ3) is 15.4. The maximum Gasteiger partial charge on any atom is 0.171 e. The molecule has 0 aromatic heterocycles. The number of benzene rings is 2. The molecule has 0 bridgehead atoms. The molecule has 2 aromatic carbocycles. The van der Waals surface area contributed by atoms with Gasteiger partial charge < -0.3 is 16.4 Å². The van der Waals surface area contributed by atoms with Crippen molar-refractivity contribution >= 4 is 104 Å². The number of rotatable bonds is 7. The van der Waals surface area contributed by atoms with E-state index in [4.69, 9.17) is 74.9 Å². The number of nitrogens with one attached hydrogen (secondary N) is 2. The van der Waals surface area contributed by atoms with E-state index in [1.54, 1.807) is 48.5 Å². The van der Waals surface area contributed by atoms with Gasteiger partial charge in [0, 0.05) is 5.69 Å². The average molecular weight is 604 g/mol. The Morgan fingerprint density at radius 3 is 1.94 bits per heavy atom. The summed E-state index contributed by atoms with van der Waals surface area (Å²) in [6.45, 7) is -0.00568. The number of isothiocyanates is 1. The van der Waals surface area contributed by atoms with Gasteiger partial charge in [-0.2, -0.15) is 15.5 Å². The maximum atomic E-state index is 11.1. The number of hydrogen-bond donors (Lipinski definition) is 3. The lowest BCUT2D eigenvalue weighted by Gasteiger charge is -2.10. The number of nitrogens with two attached hydrogens (primary N) is 1. The maximum absolute atomic E-state index is 11.1. The highest BCUT2D eigenvalue weighted by Gasteiger charge is 2.04. The largest absolute Gasteiger partial charge is 0.355 e. The number of aliphatic imine (C=N–C) groups is 1. The van der Waals surface area contributed by atoms with E-state index >= 15 is 0 Å². The minimum Gasteiger partial charge on any atom is -0.355 e. The van der Waals surface area contributed by atoms with Gasteiger partial charge in [0.2, 0.25) is 0 Å². The number of nitriles is 2. The lowest BCUT2D eigenvalue weighted by molar-refractivity contribution is -0.117. The summed E-state index contributed by atoms with van der Waals surface area (Å²) < 4.78 is 0. The summed E-state index contributed by atoms with van der Waals surface area (Å²) in [5.41, 5.74) is 6.18. The molecule has 2 aromatic rings. The second-order valence-corrected chi connectivity index (χ2v) is 8.41. The van der Waals surface area contributed by atoms with E-state index in [9.17, 15) is 9.59 Å². The number of halogens is 4. The Bertz CT molecular complexity index is 1210. The molecular formula is C22H18Cl4N6O2S2. The summed E-state index contributed by atoms with van der Waals surface area (Å²) in [5.74, 6) is -0.432. The van der Waals surface area contributed by atoms with Gasteiger partial charge >= 0.3 is 0 Å². The number of carbonyl (C=O) groups excluding carboxylic acids is 2. The Morgan fingerprint density at radius 2 is 1.47 bits per heavy atom. The Hall–Kier alpha value is -2.63. The van der Waals surface area contributed by atoms with E-state index in [-0.39, 0.29) is 42.6 Å². The van der Waals surface area contributed by atoms with Gasteiger partial charge in [-0.1, -0.05) is 46.4 Å². The van der Waals surface area contributed by atoms with Crippen LogP contribution in [0.5, 0.6) is 0 Å². The number of ketones is 2. The van der Waals surface area contributed by atoms with Crippen LogP contribution < -0.4 is 16.4 Å². The van der Waals surface area contributed by atoms with E-state index in [1.807, 2.05) is 0 Å². The standard InChI is InChI=1S/C11H9Cl2N3OS.C7H3Cl2NS.C4H6N2O/c12-9-2-1-7(5-10(9)13)16-11(18)15-6-8(17)3-4-14;8-6-2-1-5(10-4-11)3-7(6)9;5-2-1-4(7)3-6/h1-2,5H,3,6H2,(H2,15,16,18);1-3H;1,3,6H2. The predicted octanol–water partition coefficient (Wildman–Crippen LogP) is 5.92. The number of nitrogens with zero attached hydrogens (tertiary/aromatic N) is 3. The molecule has 0 amide bonds. The van der Waals surface area contributed by atoms with Gasteiger partial charge in [-0.15, -0.1) is 0 Å². The van der Waals surface area contributed by atoms with Crippen molar-refractivity contribution in [2.24, 2.45) is 10.7 Å². The highest BCUT2D eigenvalue weighted by molar-refractivity contribution is 7.80. The van der Waals surface area contributed by atoms with Crippen molar-refractivity contribution in [3.05, 3.63) is 56.5 Å². The van der Waals surface area contributed by atoms with E-state index in [0.717, 1.165) is 0 Å². The van der Waals surface area contributed by atoms with Crippen LogP contribution >= 0.6 is 70.8 Å². The van der Waals surface area contributed by atoms with Crippen LogP contribution in [0, 0.1) is 22.7 Å². The van der Waals surface area contributed by atoms with Gasteiger partial charge in [0.15, 0.2) is 16.7 Å². The first-order chi connectivity index (χ1) is 17.1. The van der Waals surface area contributed by atoms with Gasteiger partial charge in [0.25, 0.3) is 0 Å². The van der Waals surface area contributed by atoms with Crippen LogP contribution in [0.25, 0.3) is 0 Å². The summed E-state index contributed by atoms with van der Waals surface area (Å²) >= 11 is 32.4. The number of thiocarbonyl (C=S) groups is 2.